The van der Waals surface area contributed by atoms with Gasteiger partial charge >= 0.3 is 0 Å². The van der Waals surface area contributed by atoms with Gasteiger partial charge in [-0.05, 0) is 24.3 Å². The monoisotopic (exact) mass is 302 g/mol. The van der Waals surface area contributed by atoms with Gasteiger partial charge in [-0.2, -0.15) is 0 Å². The van der Waals surface area contributed by atoms with Crippen LogP contribution in [0.25, 0.3) is 0 Å². The van der Waals surface area contributed by atoms with Gasteiger partial charge in [0.2, 0.25) is 0 Å². The zero-order valence-electron chi connectivity index (χ0n) is 10.8. The molecule has 0 amide bonds. The van der Waals surface area contributed by atoms with E-state index in [9.17, 15) is 4.79 Å². The van der Waals surface area contributed by atoms with E-state index in [2.05, 4.69) is 10.2 Å². The van der Waals surface area contributed by atoms with Crippen molar-refractivity contribution in [3.8, 4) is 5.75 Å². The highest BCUT2D eigenvalue weighted by atomic mass is 32.2. The summed E-state index contributed by atoms with van der Waals surface area (Å²) < 4.78 is 15.8. The molecule has 3 rings (SSSR count). The van der Waals surface area contributed by atoms with Gasteiger partial charge in [-0.25, -0.2) is 0 Å². The summed E-state index contributed by atoms with van der Waals surface area (Å²) >= 11 is 0.815. The molecule has 0 aliphatic rings. The Morgan fingerprint density at radius 2 is 2.00 bits per heavy atom. The molecule has 0 bridgehead atoms. The maximum absolute atomic E-state index is 11.8. The van der Waals surface area contributed by atoms with Crippen molar-refractivity contribution in [1.82, 2.24) is 10.2 Å². The molecule has 0 spiro atoms. The Kier molecular flexibility index (Phi) is 4.02. The zero-order valence-corrected chi connectivity index (χ0v) is 11.6. The van der Waals surface area contributed by atoms with Crippen LogP contribution in [-0.2, 0) is 6.61 Å². The van der Waals surface area contributed by atoms with Gasteiger partial charge < -0.3 is 13.6 Å². The molecule has 2 aromatic heterocycles. The van der Waals surface area contributed by atoms with Gasteiger partial charge in [-0.1, -0.05) is 18.2 Å². The SMILES string of the molecule is O=C(Sc1nnc(COc2ccccc2)o1)c1ccco1. The average molecular weight is 302 g/mol. The molecular formula is C14H10N2O4S. The minimum Gasteiger partial charge on any atom is -0.484 e. The molecule has 0 atom stereocenters. The molecule has 6 nitrogen and oxygen atoms in total. The van der Waals surface area contributed by atoms with E-state index in [0.717, 1.165) is 11.8 Å². The second kappa shape index (κ2) is 6.27. The second-order valence-corrected chi connectivity index (χ2v) is 4.85. The van der Waals surface area contributed by atoms with Crippen molar-refractivity contribution in [2.75, 3.05) is 0 Å². The highest BCUT2D eigenvalue weighted by Gasteiger charge is 2.16. The molecule has 21 heavy (non-hydrogen) atoms. The van der Waals surface area contributed by atoms with Crippen molar-refractivity contribution >= 4 is 16.9 Å². The van der Waals surface area contributed by atoms with E-state index in [1.807, 2.05) is 30.3 Å². The van der Waals surface area contributed by atoms with Crippen molar-refractivity contribution in [3.05, 3.63) is 60.4 Å². The Labute approximate surface area is 124 Å². The first-order valence-electron chi connectivity index (χ1n) is 6.07. The number of furan rings is 1. The number of ether oxygens (including phenoxy) is 1. The van der Waals surface area contributed by atoms with E-state index in [1.54, 1.807) is 12.1 Å². The van der Waals surface area contributed by atoms with Crippen molar-refractivity contribution in [1.29, 1.82) is 0 Å². The molecule has 0 fully saturated rings. The molecular weight excluding hydrogens is 292 g/mol. The van der Waals surface area contributed by atoms with Crippen LogP contribution in [-0.4, -0.2) is 15.3 Å². The number of benzene rings is 1. The summed E-state index contributed by atoms with van der Waals surface area (Å²) in [7, 11) is 0. The molecule has 0 aliphatic carbocycles. The fourth-order valence-corrected chi connectivity index (χ4v) is 2.12. The number of nitrogens with zero attached hydrogens (tertiary/aromatic N) is 2. The number of carbonyl (C=O) groups excluding carboxylic acids is 1. The second-order valence-electron chi connectivity index (χ2n) is 3.93. The highest BCUT2D eigenvalue weighted by molar-refractivity contribution is 8.13. The number of thioether (sulfide) groups is 1. The molecule has 3 aromatic rings. The number of hydrogen-bond acceptors (Lipinski definition) is 7. The molecule has 0 aliphatic heterocycles. The van der Waals surface area contributed by atoms with Gasteiger partial charge in [-0.15, -0.1) is 10.2 Å². The first kappa shape index (κ1) is 13.4. The van der Waals surface area contributed by atoms with Crippen LogP contribution >= 0.6 is 11.8 Å². The number of carbonyl (C=O) groups is 1. The van der Waals surface area contributed by atoms with Gasteiger partial charge in [-0.3, -0.25) is 4.79 Å². The summed E-state index contributed by atoms with van der Waals surface area (Å²) in [5, 5.41) is 7.47. The summed E-state index contributed by atoms with van der Waals surface area (Å²) in [5.74, 6) is 1.24. The van der Waals surface area contributed by atoms with E-state index in [1.165, 1.54) is 6.26 Å². The quantitative estimate of drug-likeness (QED) is 0.670. The molecule has 0 saturated carbocycles. The predicted octanol–water partition coefficient (Wildman–Crippen LogP) is 3.17. The van der Waals surface area contributed by atoms with Gasteiger partial charge in [0.05, 0.1) is 6.26 Å². The minimum atomic E-state index is -0.292. The van der Waals surface area contributed by atoms with Gasteiger partial charge in [0, 0.05) is 11.8 Å². The van der Waals surface area contributed by atoms with Crippen LogP contribution < -0.4 is 4.74 Å². The number of hydrogen-bond donors (Lipinski definition) is 0. The van der Waals surface area contributed by atoms with Gasteiger partial charge in [0.15, 0.2) is 12.4 Å². The van der Waals surface area contributed by atoms with E-state index in [0.29, 0.717) is 11.6 Å². The smallest absolute Gasteiger partial charge is 0.284 e. The highest BCUT2D eigenvalue weighted by Crippen LogP contribution is 2.22. The maximum Gasteiger partial charge on any atom is 0.284 e. The third-order valence-corrected chi connectivity index (χ3v) is 3.18. The van der Waals surface area contributed by atoms with Crippen LogP contribution in [0.1, 0.15) is 16.4 Å². The standard InChI is InChI=1S/C14H10N2O4S/c17-13(11-7-4-8-18-11)21-14-16-15-12(20-14)9-19-10-5-2-1-3-6-10/h1-8H,9H2. The topological polar surface area (TPSA) is 78.4 Å². The van der Waals surface area contributed by atoms with Crippen molar-refractivity contribution in [3.63, 3.8) is 0 Å². The summed E-state index contributed by atoms with van der Waals surface area (Å²) in [5.41, 5.74) is 0. The van der Waals surface area contributed by atoms with Crippen LogP contribution in [0, 0.1) is 0 Å². The lowest BCUT2D eigenvalue weighted by molar-refractivity contribution is 0.106. The Morgan fingerprint density at radius 3 is 2.76 bits per heavy atom. The Bertz CT molecular complexity index is 710. The molecule has 0 radical (unpaired) electrons. The molecule has 0 N–H and O–H groups in total. The molecule has 7 heteroatoms. The summed E-state index contributed by atoms with van der Waals surface area (Å²) in [4.78, 5) is 11.8. The molecule has 106 valence electrons. The van der Waals surface area contributed by atoms with Crippen LogP contribution in [0.3, 0.4) is 0 Å². The van der Waals surface area contributed by atoms with Crippen LogP contribution in [0.4, 0.5) is 0 Å². The molecule has 1 aromatic carbocycles. The predicted molar refractivity (Wildman–Crippen MR) is 74.0 cm³/mol. The maximum atomic E-state index is 11.8. The van der Waals surface area contributed by atoms with Crippen LogP contribution in [0.2, 0.25) is 0 Å². The lowest BCUT2D eigenvalue weighted by Gasteiger charge is -2.01. The zero-order chi connectivity index (χ0) is 14.5. The third kappa shape index (κ3) is 3.51. The Balaban J connectivity index is 1.57. The normalized spacial score (nSPS) is 10.5. The number of aromatic nitrogens is 2. The van der Waals surface area contributed by atoms with E-state index < -0.39 is 0 Å². The van der Waals surface area contributed by atoms with Crippen molar-refractivity contribution in [2.45, 2.75) is 11.8 Å². The third-order valence-electron chi connectivity index (χ3n) is 2.46. The van der Waals surface area contributed by atoms with E-state index in [-0.39, 0.29) is 22.7 Å². The molecule has 0 unspecified atom stereocenters. The van der Waals surface area contributed by atoms with E-state index in [4.69, 9.17) is 13.6 Å². The first-order chi connectivity index (χ1) is 10.3. The summed E-state index contributed by atoms with van der Waals surface area (Å²) in [6, 6.07) is 12.5. The fraction of sp³-hybridized carbons (Fsp3) is 0.0714. The Morgan fingerprint density at radius 1 is 1.14 bits per heavy atom. The van der Waals surface area contributed by atoms with E-state index >= 15 is 0 Å². The van der Waals surface area contributed by atoms with Crippen LogP contribution in [0.5, 0.6) is 5.75 Å². The molecule has 0 saturated heterocycles. The van der Waals surface area contributed by atoms with Crippen molar-refractivity contribution in [2.24, 2.45) is 0 Å². The molecule has 2 heterocycles. The Hall–Kier alpha value is -2.54. The van der Waals surface area contributed by atoms with Crippen molar-refractivity contribution < 1.29 is 18.4 Å². The summed E-state index contributed by atoms with van der Waals surface area (Å²) in [6.45, 7) is 0.145. The van der Waals surface area contributed by atoms with Crippen LogP contribution in [0.15, 0.2) is 62.8 Å². The number of para-hydroxylation sites is 1. The summed E-state index contributed by atoms with van der Waals surface area (Å²) in [6.07, 6.45) is 1.43. The number of rotatable bonds is 5. The average Bonchev–Trinajstić information content (AvgIpc) is 3.18. The fourth-order valence-electron chi connectivity index (χ4n) is 1.52. The lowest BCUT2D eigenvalue weighted by atomic mass is 10.3. The lowest BCUT2D eigenvalue weighted by Crippen LogP contribution is -1.95. The minimum absolute atomic E-state index is 0.145. The van der Waals surface area contributed by atoms with Gasteiger partial charge in [0.1, 0.15) is 5.75 Å². The first-order valence-corrected chi connectivity index (χ1v) is 6.89. The largest absolute Gasteiger partial charge is 0.484 e. The van der Waals surface area contributed by atoms with Gasteiger partial charge in [0.25, 0.3) is 16.2 Å².